The van der Waals surface area contributed by atoms with Crippen molar-refractivity contribution < 1.29 is 4.42 Å². The van der Waals surface area contributed by atoms with Gasteiger partial charge in [-0.15, -0.1) is 0 Å². The molecule has 0 aliphatic heterocycles. The Morgan fingerprint density at radius 1 is 1.11 bits per heavy atom. The highest BCUT2D eigenvalue weighted by atomic mass is 16.3. The third-order valence-corrected chi connectivity index (χ3v) is 3.18. The summed E-state index contributed by atoms with van der Waals surface area (Å²) in [6, 6.07) is 3.69. The average Bonchev–Trinajstić information content (AvgIpc) is 2.74. The molecule has 4 nitrogen and oxygen atoms in total. The predicted octanol–water partition coefficient (Wildman–Crippen LogP) is 2.30. The maximum atomic E-state index is 11.5. The molecular formula is C14H17NO3. The van der Waals surface area contributed by atoms with Crippen LogP contribution < -0.4 is 16.2 Å². The van der Waals surface area contributed by atoms with Gasteiger partial charge in [0.25, 0.3) is 0 Å². The molecule has 0 aliphatic carbocycles. The second-order valence-electron chi connectivity index (χ2n) is 4.97. The Bertz CT molecular complexity index is 630. The van der Waals surface area contributed by atoms with Crippen LogP contribution in [0.4, 0.5) is 5.69 Å². The van der Waals surface area contributed by atoms with Crippen LogP contribution in [0.1, 0.15) is 37.0 Å². The number of hydrogen-bond donors (Lipinski definition) is 1. The summed E-state index contributed by atoms with van der Waals surface area (Å²) < 4.78 is 5.59. The fourth-order valence-electron chi connectivity index (χ4n) is 2.02. The van der Waals surface area contributed by atoms with Gasteiger partial charge in [-0.1, -0.05) is 13.8 Å². The van der Waals surface area contributed by atoms with Gasteiger partial charge in [-0.3, -0.25) is 9.59 Å². The normalized spacial score (nSPS) is 13.2. The number of furan rings is 1. The van der Waals surface area contributed by atoms with Crippen molar-refractivity contribution >= 4 is 5.69 Å². The topological polar surface area (TPSA) is 59.3 Å². The summed E-state index contributed by atoms with van der Waals surface area (Å²) >= 11 is 0. The highest BCUT2D eigenvalue weighted by molar-refractivity contribution is 5.56. The zero-order valence-corrected chi connectivity index (χ0v) is 11.0. The van der Waals surface area contributed by atoms with Crippen LogP contribution in [-0.2, 0) is 0 Å². The number of aryl methyl sites for hydroxylation is 1. The molecule has 1 N–H and O–H groups in total. The number of hydrogen-bond acceptors (Lipinski definition) is 4. The summed E-state index contributed by atoms with van der Waals surface area (Å²) in [5, 5.41) is 3.13. The van der Waals surface area contributed by atoms with Crippen molar-refractivity contribution in [1.29, 1.82) is 0 Å². The van der Waals surface area contributed by atoms with Crippen molar-refractivity contribution in [3.8, 4) is 0 Å². The molecule has 0 bridgehead atoms. The molecule has 2 aromatic rings. The van der Waals surface area contributed by atoms with E-state index in [2.05, 4.69) is 5.32 Å². The average molecular weight is 247 g/mol. The van der Waals surface area contributed by atoms with E-state index in [-0.39, 0.29) is 12.0 Å². The molecule has 4 heteroatoms. The van der Waals surface area contributed by atoms with Crippen LogP contribution in [-0.4, -0.2) is 0 Å². The highest BCUT2D eigenvalue weighted by Gasteiger charge is 2.24. The van der Waals surface area contributed by atoms with E-state index in [4.69, 9.17) is 4.42 Å². The number of nitrogens with one attached hydrogen (secondary N) is 1. The van der Waals surface area contributed by atoms with Crippen LogP contribution in [0, 0.1) is 19.8 Å². The first kappa shape index (κ1) is 12.6. The minimum absolute atomic E-state index is 0.0966. The molecule has 96 valence electrons. The maximum absolute atomic E-state index is 11.5. The van der Waals surface area contributed by atoms with Gasteiger partial charge in [0.1, 0.15) is 11.5 Å². The standard InChI is InChI=1S/C14H17NO3/c1-7(2)11(10-6-5-8(3)18-10)15-12-9(4)13(16)14(12)17/h5-7,11,15H,1-4H3/t11-/m1/s1. The van der Waals surface area contributed by atoms with Gasteiger partial charge in [0.2, 0.25) is 10.9 Å². The fraction of sp³-hybridized carbons (Fsp3) is 0.429. The van der Waals surface area contributed by atoms with Crippen LogP contribution >= 0.6 is 0 Å². The van der Waals surface area contributed by atoms with Gasteiger partial charge in [-0.05, 0) is 31.9 Å². The van der Waals surface area contributed by atoms with Gasteiger partial charge in [0.05, 0.1) is 11.7 Å². The van der Waals surface area contributed by atoms with E-state index in [9.17, 15) is 9.59 Å². The van der Waals surface area contributed by atoms with E-state index in [1.807, 2.05) is 32.9 Å². The van der Waals surface area contributed by atoms with E-state index in [0.29, 0.717) is 11.3 Å². The summed E-state index contributed by atoms with van der Waals surface area (Å²) in [5.74, 6) is 1.87. The minimum Gasteiger partial charge on any atom is -0.464 e. The molecule has 0 saturated carbocycles. The molecule has 0 spiro atoms. The first-order valence-corrected chi connectivity index (χ1v) is 6.04. The molecule has 1 atom stereocenters. The molecule has 1 aromatic heterocycles. The Morgan fingerprint density at radius 2 is 1.78 bits per heavy atom. The molecule has 0 saturated heterocycles. The van der Waals surface area contributed by atoms with Crippen LogP contribution in [0.15, 0.2) is 26.1 Å². The smallest absolute Gasteiger partial charge is 0.249 e. The second kappa shape index (κ2) is 4.44. The summed E-state index contributed by atoms with van der Waals surface area (Å²) in [6.45, 7) is 7.62. The minimum atomic E-state index is -0.429. The molecule has 18 heavy (non-hydrogen) atoms. The van der Waals surface area contributed by atoms with Gasteiger partial charge >= 0.3 is 0 Å². The van der Waals surface area contributed by atoms with Crippen LogP contribution in [0.5, 0.6) is 0 Å². The highest BCUT2D eigenvalue weighted by Crippen LogP contribution is 2.27. The lowest BCUT2D eigenvalue weighted by molar-refractivity contribution is 0.408. The molecule has 2 rings (SSSR count). The van der Waals surface area contributed by atoms with Crippen molar-refractivity contribution in [2.45, 2.75) is 33.7 Å². The first-order valence-electron chi connectivity index (χ1n) is 6.04. The van der Waals surface area contributed by atoms with Crippen molar-refractivity contribution in [2.75, 3.05) is 5.32 Å². The van der Waals surface area contributed by atoms with Crippen LogP contribution in [0.2, 0.25) is 0 Å². The van der Waals surface area contributed by atoms with Crippen molar-refractivity contribution in [3.05, 3.63) is 49.7 Å². The van der Waals surface area contributed by atoms with Crippen molar-refractivity contribution in [2.24, 2.45) is 5.92 Å². The van der Waals surface area contributed by atoms with Gasteiger partial charge < -0.3 is 9.73 Å². The monoisotopic (exact) mass is 247 g/mol. The van der Waals surface area contributed by atoms with Gasteiger partial charge in [0, 0.05) is 5.56 Å². The second-order valence-corrected chi connectivity index (χ2v) is 4.97. The molecule has 1 heterocycles. The van der Waals surface area contributed by atoms with Crippen molar-refractivity contribution in [3.63, 3.8) is 0 Å². The third kappa shape index (κ3) is 1.98. The quantitative estimate of drug-likeness (QED) is 0.842. The Balaban J connectivity index is 2.29. The zero-order valence-electron chi connectivity index (χ0n) is 11.0. The van der Waals surface area contributed by atoms with E-state index < -0.39 is 10.9 Å². The Kier molecular flexibility index (Phi) is 3.11. The van der Waals surface area contributed by atoms with Gasteiger partial charge in [0.15, 0.2) is 0 Å². The lowest BCUT2D eigenvalue weighted by Crippen LogP contribution is -2.38. The first-order chi connectivity index (χ1) is 8.41. The van der Waals surface area contributed by atoms with E-state index >= 15 is 0 Å². The summed E-state index contributed by atoms with van der Waals surface area (Å²) in [4.78, 5) is 22.7. The molecule has 0 aliphatic rings. The zero-order chi connectivity index (χ0) is 13.4. The Morgan fingerprint density at radius 3 is 2.22 bits per heavy atom. The number of anilines is 1. The fourth-order valence-corrected chi connectivity index (χ4v) is 2.02. The van der Waals surface area contributed by atoms with E-state index in [1.165, 1.54) is 0 Å². The van der Waals surface area contributed by atoms with E-state index in [0.717, 1.165) is 11.5 Å². The molecule has 0 radical (unpaired) electrons. The SMILES string of the molecule is Cc1ccc([C@H](Nc2c(C)c(=O)c2=O)C(C)C)o1. The van der Waals surface area contributed by atoms with Crippen molar-refractivity contribution in [1.82, 2.24) is 0 Å². The Labute approximate surface area is 105 Å². The number of rotatable bonds is 4. The summed E-state index contributed by atoms with van der Waals surface area (Å²) in [5.41, 5.74) is 0.110. The largest absolute Gasteiger partial charge is 0.464 e. The third-order valence-electron chi connectivity index (χ3n) is 3.18. The van der Waals surface area contributed by atoms with Gasteiger partial charge in [-0.2, -0.15) is 0 Å². The van der Waals surface area contributed by atoms with Gasteiger partial charge in [-0.25, -0.2) is 0 Å². The van der Waals surface area contributed by atoms with E-state index in [1.54, 1.807) is 6.92 Å². The molecule has 1 aromatic carbocycles. The lowest BCUT2D eigenvalue weighted by atomic mass is 9.99. The lowest BCUT2D eigenvalue weighted by Gasteiger charge is -2.22. The maximum Gasteiger partial charge on any atom is 0.249 e. The molecule has 0 unspecified atom stereocenters. The molecule has 0 fully saturated rings. The Hall–Kier alpha value is -1.84. The van der Waals surface area contributed by atoms with Crippen LogP contribution in [0.3, 0.4) is 0 Å². The summed E-state index contributed by atoms with van der Waals surface area (Å²) in [7, 11) is 0. The van der Waals surface area contributed by atoms with Crippen LogP contribution in [0.25, 0.3) is 0 Å². The molecule has 0 amide bonds. The summed E-state index contributed by atoms with van der Waals surface area (Å²) in [6.07, 6.45) is 0. The molecular weight excluding hydrogens is 230 g/mol. The predicted molar refractivity (Wildman–Crippen MR) is 70.7 cm³/mol.